The minimum absolute atomic E-state index is 0.308. The molecular weight excluding hydrogens is 749 g/mol. The van der Waals surface area contributed by atoms with E-state index in [0.717, 1.165) is 89.2 Å². The summed E-state index contributed by atoms with van der Waals surface area (Å²) in [7, 11) is 0. The van der Waals surface area contributed by atoms with Crippen molar-refractivity contribution in [2.24, 2.45) is 4.99 Å². The summed E-state index contributed by atoms with van der Waals surface area (Å²) < 4.78 is 13.2. The van der Waals surface area contributed by atoms with E-state index < -0.39 is 5.41 Å². The summed E-state index contributed by atoms with van der Waals surface area (Å²) in [5, 5.41) is 2.19. The van der Waals surface area contributed by atoms with E-state index in [-0.39, 0.29) is 6.10 Å². The SMILES string of the molecule is CC12c3ccc(-c4ccccc4)cc3N=C(c3ccc(-c4nc(-c5ccccc5)nc(-c5cccc(-c6cccc7c6oc6ccccc67)c5)n4)cc3)C1Oc1ccccc12. The van der Waals surface area contributed by atoms with Crippen molar-refractivity contribution < 1.29 is 9.15 Å². The van der Waals surface area contributed by atoms with Crippen LogP contribution in [0.4, 0.5) is 5.69 Å². The molecule has 0 radical (unpaired) electrons. The summed E-state index contributed by atoms with van der Waals surface area (Å²) in [5.41, 5.74) is 13.4. The van der Waals surface area contributed by atoms with Gasteiger partial charge in [0.05, 0.1) is 16.8 Å². The fraction of sp³-hybridized carbons (Fsp3) is 0.0545. The van der Waals surface area contributed by atoms with Gasteiger partial charge in [-0.2, -0.15) is 0 Å². The molecule has 61 heavy (non-hydrogen) atoms. The van der Waals surface area contributed by atoms with Crippen molar-refractivity contribution in [3.05, 3.63) is 211 Å². The average molecular weight is 785 g/mol. The number of hydrogen-bond acceptors (Lipinski definition) is 6. The molecule has 2 aliphatic rings. The van der Waals surface area contributed by atoms with Crippen LogP contribution in [0.15, 0.2) is 204 Å². The van der Waals surface area contributed by atoms with Crippen LogP contribution in [0, 0.1) is 0 Å². The third kappa shape index (κ3) is 5.71. The lowest BCUT2D eigenvalue weighted by molar-refractivity contribution is 0.242. The number of aliphatic imine (C=N–C) groups is 1. The molecule has 2 aromatic heterocycles. The number of ether oxygens (including phenoxy) is 1. The number of nitrogens with zero attached hydrogens (tertiary/aromatic N) is 4. The monoisotopic (exact) mass is 784 g/mol. The van der Waals surface area contributed by atoms with Crippen LogP contribution in [0.2, 0.25) is 0 Å². The third-order valence-corrected chi connectivity index (χ3v) is 12.3. The Morgan fingerprint density at radius 1 is 0.443 bits per heavy atom. The summed E-state index contributed by atoms with van der Waals surface area (Å²) in [6.07, 6.45) is -0.308. The second-order valence-corrected chi connectivity index (χ2v) is 15.9. The maximum Gasteiger partial charge on any atom is 0.164 e. The molecule has 0 saturated carbocycles. The van der Waals surface area contributed by atoms with Gasteiger partial charge in [-0.05, 0) is 59.0 Å². The first kappa shape index (κ1) is 35.0. The van der Waals surface area contributed by atoms with E-state index in [1.54, 1.807) is 0 Å². The number of rotatable bonds is 6. The summed E-state index contributed by atoms with van der Waals surface area (Å²) in [6.45, 7) is 2.29. The van der Waals surface area contributed by atoms with E-state index in [2.05, 4.69) is 140 Å². The standard InChI is InChI=1S/C55H36N4O2/c1-55-44-31-30-38(34-14-4-2-5-15-34)33-46(44)56-49(51(55)61-48-25-11-9-23-45(48)55)35-26-28-37(29-27-35)53-57-52(36-16-6-3-7-17-36)58-54(59-53)40-19-12-18-39(32-40)41-21-13-22-43-42-20-8-10-24-47(42)60-50(41)43/h2-33,51H,1H3. The van der Waals surface area contributed by atoms with E-state index in [1.807, 2.05) is 60.7 Å². The van der Waals surface area contributed by atoms with Crippen LogP contribution in [-0.2, 0) is 5.41 Å². The molecule has 10 aromatic rings. The van der Waals surface area contributed by atoms with E-state index in [1.165, 1.54) is 5.56 Å². The van der Waals surface area contributed by atoms with Gasteiger partial charge in [-0.1, -0.05) is 170 Å². The van der Waals surface area contributed by atoms with Crippen molar-refractivity contribution in [1.29, 1.82) is 0 Å². The Bertz CT molecular complexity index is 3360. The van der Waals surface area contributed by atoms with Gasteiger partial charge in [-0.25, -0.2) is 19.9 Å². The largest absolute Gasteiger partial charge is 0.482 e. The van der Waals surface area contributed by atoms with Crippen LogP contribution in [0.25, 0.3) is 78.4 Å². The van der Waals surface area contributed by atoms with Gasteiger partial charge in [0.15, 0.2) is 23.6 Å². The van der Waals surface area contributed by atoms with Crippen LogP contribution < -0.4 is 4.74 Å². The van der Waals surface area contributed by atoms with Crippen LogP contribution >= 0.6 is 0 Å². The first-order valence-corrected chi connectivity index (χ1v) is 20.6. The Morgan fingerprint density at radius 3 is 1.84 bits per heavy atom. The van der Waals surface area contributed by atoms with Crippen molar-refractivity contribution in [3.8, 4) is 62.2 Å². The van der Waals surface area contributed by atoms with Crippen molar-refractivity contribution in [1.82, 2.24) is 15.0 Å². The Morgan fingerprint density at radius 2 is 1.03 bits per heavy atom. The molecule has 4 heterocycles. The lowest BCUT2D eigenvalue weighted by Crippen LogP contribution is -2.45. The van der Waals surface area contributed by atoms with E-state index in [4.69, 9.17) is 29.1 Å². The second kappa shape index (κ2) is 13.8. The van der Waals surface area contributed by atoms with Crippen LogP contribution in [0.3, 0.4) is 0 Å². The fourth-order valence-electron chi connectivity index (χ4n) is 9.22. The average Bonchev–Trinajstić information content (AvgIpc) is 3.87. The molecule has 0 fully saturated rings. The zero-order valence-corrected chi connectivity index (χ0v) is 33.2. The number of aromatic nitrogens is 3. The highest BCUT2D eigenvalue weighted by atomic mass is 16.5. The van der Waals surface area contributed by atoms with E-state index in [0.29, 0.717) is 17.5 Å². The van der Waals surface area contributed by atoms with Gasteiger partial charge in [0.1, 0.15) is 16.9 Å². The first-order chi connectivity index (χ1) is 30.1. The number of fused-ring (bicyclic) bond motifs is 8. The van der Waals surface area contributed by atoms with Gasteiger partial charge < -0.3 is 9.15 Å². The fourth-order valence-corrected chi connectivity index (χ4v) is 9.22. The lowest BCUT2D eigenvalue weighted by Gasteiger charge is -2.36. The van der Waals surface area contributed by atoms with Crippen LogP contribution in [0.1, 0.15) is 23.6 Å². The molecule has 2 unspecified atom stereocenters. The zero-order valence-electron chi connectivity index (χ0n) is 33.2. The second-order valence-electron chi connectivity index (χ2n) is 15.9. The normalized spacial score (nSPS) is 16.4. The summed E-state index contributed by atoms with van der Waals surface area (Å²) in [4.78, 5) is 20.6. The minimum Gasteiger partial charge on any atom is -0.482 e. The highest BCUT2D eigenvalue weighted by Gasteiger charge is 2.52. The third-order valence-electron chi connectivity index (χ3n) is 12.3. The molecule has 0 bridgehead atoms. The summed E-state index contributed by atoms with van der Waals surface area (Å²) in [5.74, 6) is 2.66. The Kier molecular flexibility index (Phi) is 7.94. The van der Waals surface area contributed by atoms with Gasteiger partial charge in [0.25, 0.3) is 0 Å². The topological polar surface area (TPSA) is 73.4 Å². The van der Waals surface area contributed by atoms with Crippen LogP contribution in [-0.4, -0.2) is 26.8 Å². The molecule has 6 heteroatoms. The van der Waals surface area contributed by atoms with Crippen molar-refractivity contribution in [3.63, 3.8) is 0 Å². The Balaban J connectivity index is 0.955. The molecule has 12 rings (SSSR count). The molecule has 8 aromatic carbocycles. The minimum atomic E-state index is -0.435. The number of benzene rings is 8. The van der Waals surface area contributed by atoms with E-state index in [9.17, 15) is 0 Å². The smallest absolute Gasteiger partial charge is 0.164 e. The van der Waals surface area contributed by atoms with Crippen molar-refractivity contribution in [2.45, 2.75) is 18.4 Å². The number of para-hydroxylation sites is 3. The number of furan rings is 1. The summed E-state index contributed by atoms with van der Waals surface area (Å²) >= 11 is 0. The molecule has 6 nitrogen and oxygen atoms in total. The lowest BCUT2D eigenvalue weighted by atomic mass is 9.69. The quantitative estimate of drug-likeness (QED) is 0.168. The predicted octanol–water partition coefficient (Wildman–Crippen LogP) is 13.3. The molecule has 2 aliphatic heterocycles. The summed E-state index contributed by atoms with van der Waals surface area (Å²) in [6, 6.07) is 66.8. The molecule has 0 saturated heterocycles. The van der Waals surface area contributed by atoms with Crippen LogP contribution in [0.5, 0.6) is 5.75 Å². The highest BCUT2D eigenvalue weighted by Crippen LogP contribution is 2.54. The molecule has 0 spiro atoms. The highest BCUT2D eigenvalue weighted by molar-refractivity contribution is 6.10. The Hall–Kier alpha value is -7.96. The zero-order chi connectivity index (χ0) is 40.5. The van der Waals surface area contributed by atoms with Gasteiger partial charge in [0, 0.05) is 38.6 Å². The molecule has 288 valence electrons. The molecule has 2 atom stereocenters. The predicted molar refractivity (Wildman–Crippen MR) is 244 cm³/mol. The van der Waals surface area contributed by atoms with Crippen molar-refractivity contribution in [2.75, 3.05) is 0 Å². The molecule has 0 aliphatic carbocycles. The number of hydrogen-bond donors (Lipinski definition) is 0. The Labute approximate surface area is 352 Å². The first-order valence-electron chi connectivity index (χ1n) is 20.6. The molecular formula is C55H36N4O2. The maximum absolute atomic E-state index is 6.81. The van der Waals surface area contributed by atoms with Gasteiger partial charge in [-0.3, -0.25) is 0 Å². The van der Waals surface area contributed by atoms with E-state index >= 15 is 0 Å². The van der Waals surface area contributed by atoms with Gasteiger partial charge in [0.2, 0.25) is 0 Å². The van der Waals surface area contributed by atoms with Gasteiger partial charge in [-0.15, -0.1) is 0 Å². The molecule has 0 amide bonds. The molecule has 0 N–H and O–H groups in total. The van der Waals surface area contributed by atoms with Gasteiger partial charge >= 0.3 is 0 Å². The van der Waals surface area contributed by atoms with Crippen molar-refractivity contribution >= 4 is 33.3 Å². The maximum atomic E-state index is 6.81.